The van der Waals surface area contributed by atoms with Gasteiger partial charge in [-0.1, -0.05) is 63.2 Å². The summed E-state index contributed by atoms with van der Waals surface area (Å²) in [6.07, 6.45) is 1.50. The van der Waals surface area contributed by atoms with E-state index in [0.717, 1.165) is 27.3 Å². The minimum absolute atomic E-state index is 0.0637. The summed E-state index contributed by atoms with van der Waals surface area (Å²) in [5, 5.41) is 2.90. The lowest BCUT2D eigenvalue weighted by Gasteiger charge is -2.34. The summed E-state index contributed by atoms with van der Waals surface area (Å²) in [6.45, 7) is 11.3. The standard InChI is InChI=1S/C27H39N3O4S/c1-8-24(27(32)28-20(4)5)29(17-22-14-10-9-13-21(22)6)26(31)18-30(35(7,33)34)25-16-12-11-15-23(25)19(2)3/h9-16,19-20,24H,8,17-18H2,1-7H3,(H,28,32). The fraction of sp³-hybridized carbons (Fsp3) is 0.481. The van der Waals surface area contributed by atoms with Crippen molar-refractivity contribution in [2.45, 2.75) is 72.5 Å². The third-order valence-electron chi connectivity index (χ3n) is 5.93. The van der Waals surface area contributed by atoms with Crippen LogP contribution < -0.4 is 9.62 Å². The molecule has 2 rings (SSSR count). The predicted molar refractivity (Wildman–Crippen MR) is 142 cm³/mol. The lowest BCUT2D eigenvalue weighted by Crippen LogP contribution is -2.53. The number of nitrogens with zero attached hydrogens (tertiary/aromatic N) is 2. The molecule has 35 heavy (non-hydrogen) atoms. The number of aryl methyl sites for hydroxylation is 1. The molecule has 0 saturated heterocycles. The predicted octanol–water partition coefficient (Wildman–Crippen LogP) is 4.22. The summed E-state index contributed by atoms with van der Waals surface area (Å²) >= 11 is 0. The van der Waals surface area contributed by atoms with Gasteiger partial charge in [-0.3, -0.25) is 13.9 Å². The molecule has 0 fully saturated rings. The first-order valence-electron chi connectivity index (χ1n) is 12.1. The third kappa shape index (κ3) is 7.56. The number of nitrogens with one attached hydrogen (secondary N) is 1. The summed E-state index contributed by atoms with van der Waals surface area (Å²) in [4.78, 5) is 28.4. The Hall–Kier alpha value is -2.87. The molecule has 1 atom stereocenters. The Balaban J connectivity index is 2.52. The maximum Gasteiger partial charge on any atom is 0.244 e. The van der Waals surface area contributed by atoms with E-state index in [2.05, 4.69) is 5.32 Å². The molecule has 0 aromatic heterocycles. The minimum Gasteiger partial charge on any atom is -0.352 e. The summed E-state index contributed by atoms with van der Waals surface area (Å²) in [7, 11) is -3.77. The Bertz CT molecular complexity index is 1130. The van der Waals surface area contributed by atoms with Crippen LogP contribution in [0.25, 0.3) is 0 Å². The van der Waals surface area contributed by atoms with E-state index in [-0.39, 0.29) is 31.0 Å². The summed E-state index contributed by atoms with van der Waals surface area (Å²) in [5.41, 5.74) is 3.22. The number of rotatable bonds is 11. The molecule has 2 amide bonds. The third-order valence-corrected chi connectivity index (χ3v) is 7.05. The number of sulfonamides is 1. The Kier molecular flexibility index (Phi) is 9.89. The van der Waals surface area contributed by atoms with Gasteiger partial charge in [-0.2, -0.15) is 0 Å². The summed E-state index contributed by atoms with van der Waals surface area (Å²) in [6, 6.07) is 14.1. The van der Waals surface area contributed by atoms with Crippen LogP contribution in [0.15, 0.2) is 48.5 Å². The van der Waals surface area contributed by atoms with Crippen molar-refractivity contribution >= 4 is 27.5 Å². The van der Waals surface area contributed by atoms with Crippen LogP contribution in [-0.2, 0) is 26.2 Å². The number of hydrogen-bond acceptors (Lipinski definition) is 4. The fourth-order valence-electron chi connectivity index (χ4n) is 4.07. The zero-order chi connectivity index (χ0) is 26.3. The molecule has 1 N–H and O–H groups in total. The van der Waals surface area contributed by atoms with Crippen LogP contribution in [0, 0.1) is 6.92 Å². The summed E-state index contributed by atoms with van der Waals surface area (Å²) < 4.78 is 26.9. The van der Waals surface area contributed by atoms with Crippen LogP contribution in [-0.4, -0.2) is 50.0 Å². The molecule has 0 aliphatic carbocycles. The number of para-hydroxylation sites is 1. The molecule has 0 saturated carbocycles. The van der Waals surface area contributed by atoms with Crippen LogP contribution in [0.3, 0.4) is 0 Å². The number of anilines is 1. The monoisotopic (exact) mass is 501 g/mol. The Morgan fingerprint density at radius 2 is 1.57 bits per heavy atom. The van der Waals surface area contributed by atoms with Gasteiger partial charge in [0.2, 0.25) is 21.8 Å². The quantitative estimate of drug-likeness (QED) is 0.500. The topological polar surface area (TPSA) is 86.8 Å². The molecule has 0 radical (unpaired) electrons. The van der Waals surface area contributed by atoms with Crippen LogP contribution in [0.5, 0.6) is 0 Å². The van der Waals surface area contributed by atoms with Gasteiger partial charge in [0.1, 0.15) is 12.6 Å². The number of carbonyl (C=O) groups is 2. The van der Waals surface area contributed by atoms with E-state index in [9.17, 15) is 18.0 Å². The summed E-state index contributed by atoms with van der Waals surface area (Å²) in [5.74, 6) is -0.616. The van der Waals surface area contributed by atoms with Crippen molar-refractivity contribution in [1.82, 2.24) is 10.2 Å². The lowest BCUT2D eigenvalue weighted by atomic mass is 10.0. The second-order valence-electron chi connectivity index (χ2n) is 9.52. The molecule has 0 heterocycles. The van der Waals surface area contributed by atoms with Crippen molar-refractivity contribution in [3.8, 4) is 0 Å². The van der Waals surface area contributed by atoms with Gasteiger partial charge in [-0.25, -0.2) is 8.42 Å². The smallest absolute Gasteiger partial charge is 0.244 e. The van der Waals surface area contributed by atoms with Crippen LogP contribution in [0.1, 0.15) is 63.6 Å². The molecule has 0 aliphatic heterocycles. The average Bonchev–Trinajstić information content (AvgIpc) is 2.77. The molecule has 0 aliphatic rings. The van der Waals surface area contributed by atoms with Gasteiger partial charge in [0.15, 0.2) is 0 Å². The highest BCUT2D eigenvalue weighted by Crippen LogP contribution is 2.29. The highest BCUT2D eigenvalue weighted by molar-refractivity contribution is 7.92. The Morgan fingerprint density at radius 1 is 0.971 bits per heavy atom. The van der Waals surface area contributed by atoms with Crippen molar-refractivity contribution in [1.29, 1.82) is 0 Å². The van der Waals surface area contributed by atoms with Crippen LogP contribution >= 0.6 is 0 Å². The molecule has 0 spiro atoms. The molecule has 2 aromatic carbocycles. The molecule has 7 nitrogen and oxygen atoms in total. The maximum atomic E-state index is 13.8. The number of carbonyl (C=O) groups excluding carboxylic acids is 2. The van der Waals surface area contributed by atoms with Gasteiger partial charge in [-0.05, 0) is 55.9 Å². The second kappa shape index (κ2) is 12.2. The normalized spacial score (nSPS) is 12.5. The van der Waals surface area contributed by atoms with Gasteiger partial charge < -0.3 is 10.2 Å². The Morgan fingerprint density at radius 3 is 2.11 bits per heavy atom. The van der Waals surface area contributed by atoms with Crippen LogP contribution in [0.2, 0.25) is 0 Å². The van der Waals surface area contributed by atoms with E-state index in [1.165, 1.54) is 4.90 Å². The molecular weight excluding hydrogens is 462 g/mol. The molecule has 1 unspecified atom stereocenters. The van der Waals surface area contributed by atoms with Gasteiger partial charge in [0.25, 0.3) is 0 Å². The van der Waals surface area contributed by atoms with E-state index in [4.69, 9.17) is 0 Å². The van der Waals surface area contributed by atoms with Crippen LogP contribution in [0.4, 0.5) is 5.69 Å². The molecule has 0 bridgehead atoms. The Labute approximate surface area is 210 Å². The highest BCUT2D eigenvalue weighted by Gasteiger charge is 2.32. The number of benzene rings is 2. The second-order valence-corrected chi connectivity index (χ2v) is 11.4. The molecule has 192 valence electrons. The van der Waals surface area contributed by atoms with Crippen molar-refractivity contribution in [3.05, 3.63) is 65.2 Å². The fourth-order valence-corrected chi connectivity index (χ4v) is 4.94. The van der Waals surface area contributed by atoms with Gasteiger partial charge in [0, 0.05) is 12.6 Å². The zero-order valence-electron chi connectivity index (χ0n) is 21.9. The van der Waals surface area contributed by atoms with E-state index in [0.29, 0.717) is 12.1 Å². The zero-order valence-corrected chi connectivity index (χ0v) is 22.7. The number of amides is 2. The van der Waals surface area contributed by atoms with Gasteiger partial charge in [0.05, 0.1) is 11.9 Å². The first kappa shape index (κ1) is 28.4. The van der Waals surface area contributed by atoms with E-state index >= 15 is 0 Å². The first-order valence-corrected chi connectivity index (χ1v) is 13.9. The maximum absolute atomic E-state index is 13.8. The van der Waals surface area contributed by atoms with Crippen molar-refractivity contribution < 1.29 is 18.0 Å². The molecular formula is C27H39N3O4S. The largest absolute Gasteiger partial charge is 0.352 e. The molecule has 8 heteroatoms. The molecule has 2 aromatic rings. The first-order chi connectivity index (χ1) is 16.4. The lowest BCUT2D eigenvalue weighted by molar-refractivity contribution is -0.140. The van der Waals surface area contributed by atoms with Crippen molar-refractivity contribution in [2.24, 2.45) is 0 Å². The highest BCUT2D eigenvalue weighted by atomic mass is 32.2. The SMILES string of the molecule is CCC(C(=O)NC(C)C)N(Cc1ccccc1C)C(=O)CN(c1ccccc1C(C)C)S(C)(=O)=O. The minimum atomic E-state index is -3.77. The van der Waals surface area contributed by atoms with E-state index < -0.39 is 22.0 Å². The van der Waals surface area contributed by atoms with E-state index in [1.807, 2.05) is 77.9 Å². The van der Waals surface area contributed by atoms with E-state index in [1.54, 1.807) is 12.1 Å². The van der Waals surface area contributed by atoms with Crippen molar-refractivity contribution in [3.63, 3.8) is 0 Å². The van der Waals surface area contributed by atoms with Gasteiger partial charge in [-0.15, -0.1) is 0 Å². The van der Waals surface area contributed by atoms with Crippen molar-refractivity contribution in [2.75, 3.05) is 17.1 Å². The number of hydrogen-bond donors (Lipinski definition) is 1. The average molecular weight is 502 g/mol. The van der Waals surface area contributed by atoms with Gasteiger partial charge >= 0.3 is 0 Å².